The van der Waals surface area contributed by atoms with Crippen LogP contribution in [0.2, 0.25) is 0 Å². The van der Waals surface area contributed by atoms with E-state index >= 15 is 0 Å². The van der Waals surface area contributed by atoms with Crippen LogP contribution in [0.1, 0.15) is 48.1 Å². The highest BCUT2D eigenvalue weighted by Gasteiger charge is 2.38. The Hall–Kier alpha value is -2.26. The van der Waals surface area contributed by atoms with Crippen LogP contribution in [-0.4, -0.2) is 6.54 Å². The molecule has 0 aromatic heterocycles. The largest absolute Gasteiger partial charge is 0.310 e. The second kappa shape index (κ2) is 7.40. The highest BCUT2D eigenvalue weighted by atomic mass is 19.3. The number of benzene rings is 3. The molecular formula is C24H25F2N. The first kappa shape index (κ1) is 18.1. The molecule has 0 saturated heterocycles. The Morgan fingerprint density at radius 2 is 1.85 bits per heavy atom. The van der Waals surface area contributed by atoms with Crippen LogP contribution in [0, 0.1) is 0 Å². The minimum absolute atomic E-state index is 0.0457. The predicted molar refractivity (Wildman–Crippen MR) is 107 cm³/mol. The van der Waals surface area contributed by atoms with Gasteiger partial charge in [-0.15, -0.1) is 0 Å². The maximum atomic E-state index is 13.9. The third-order valence-electron chi connectivity index (χ3n) is 5.66. The number of nitrogens with one attached hydrogen (secondary N) is 1. The van der Waals surface area contributed by atoms with Crippen LogP contribution >= 0.6 is 0 Å². The van der Waals surface area contributed by atoms with Crippen molar-refractivity contribution >= 4 is 10.8 Å². The standard InChI is InChI=1S/C24H25F2N/c1-17(21-10-4-8-19-7-2-3-9-22(19)21)27-15-5-6-18-11-12-20-13-14-24(25,26)23(20)16-18/h2-4,7-12,16-17,27H,5-6,13-15H2,1H3/t17-/m1/s1. The second-order valence-electron chi connectivity index (χ2n) is 7.54. The predicted octanol–water partition coefficient (Wildman–Crippen LogP) is 6.16. The normalized spacial score (nSPS) is 16.4. The summed E-state index contributed by atoms with van der Waals surface area (Å²) in [5.41, 5.74) is 3.36. The Morgan fingerprint density at radius 1 is 1.04 bits per heavy atom. The average Bonchev–Trinajstić information content (AvgIpc) is 2.99. The van der Waals surface area contributed by atoms with E-state index in [-0.39, 0.29) is 18.0 Å². The Kier molecular flexibility index (Phi) is 4.96. The van der Waals surface area contributed by atoms with Gasteiger partial charge in [-0.2, -0.15) is 0 Å². The van der Waals surface area contributed by atoms with Crippen molar-refractivity contribution in [2.45, 2.75) is 44.6 Å². The first-order valence-electron chi connectivity index (χ1n) is 9.76. The molecule has 1 aliphatic carbocycles. The Labute approximate surface area is 159 Å². The van der Waals surface area contributed by atoms with Gasteiger partial charge in [0.25, 0.3) is 5.92 Å². The zero-order chi connectivity index (χ0) is 18.9. The smallest absolute Gasteiger partial charge is 0.273 e. The minimum Gasteiger partial charge on any atom is -0.310 e. The van der Waals surface area contributed by atoms with Gasteiger partial charge in [0.05, 0.1) is 0 Å². The quantitative estimate of drug-likeness (QED) is 0.516. The number of hydrogen-bond donors (Lipinski definition) is 1. The fourth-order valence-electron chi connectivity index (χ4n) is 4.11. The van der Waals surface area contributed by atoms with Gasteiger partial charge < -0.3 is 5.32 Å². The van der Waals surface area contributed by atoms with Gasteiger partial charge in [0.1, 0.15) is 0 Å². The van der Waals surface area contributed by atoms with E-state index in [2.05, 4.69) is 54.7 Å². The third-order valence-corrected chi connectivity index (χ3v) is 5.66. The molecule has 0 unspecified atom stereocenters. The molecule has 27 heavy (non-hydrogen) atoms. The zero-order valence-electron chi connectivity index (χ0n) is 15.6. The lowest BCUT2D eigenvalue weighted by molar-refractivity contribution is -0.00190. The van der Waals surface area contributed by atoms with Gasteiger partial charge >= 0.3 is 0 Å². The van der Waals surface area contributed by atoms with Crippen LogP contribution in [0.3, 0.4) is 0 Å². The number of rotatable bonds is 6. The Morgan fingerprint density at radius 3 is 2.74 bits per heavy atom. The van der Waals surface area contributed by atoms with Gasteiger partial charge in [-0.1, -0.05) is 54.6 Å². The van der Waals surface area contributed by atoms with Crippen molar-refractivity contribution in [1.29, 1.82) is 0 Å². The van der Waals surface area contributed by atoms with Gasteiger partial charge in [-0.05, 0) is 66.3 Å². The molecule has 0 radical (unpaired) electrons. The highest BCUT2D eigenvalue weighted by Crippen LogP contribution is 2.41. The maximum Gasteiger partial charge on any atom is 0.273 e. The van der Waals surface area contributed by atoms with Crippen LogP contribution in [0.5, 0.6) is 0 Å². The number of hydrogen-bond acceptors (Lipinski definition) is 1. The molecule has 0 fully saturated rings. The average molecular weight is 365 g/mol. The van der Waals surface area contributed by atoms with E-state index in [0.717, 1.165) is 30.5 Å². The van der Waals surface area contributed by atoms with Gasteiger partial charge in [-0.3, -0.25) is 0 Å². The summed E-state index contributed by atoms with van der Waals surface area (Å²) in [7, 11) is 0. The lowest BCUT2D eigenvalue weighted by Gasteiger charge is -2.17. The Bertz CT molecular complexity index is 943. The topological polar surface area (TPSA) is 12.0 Å². The molecule has 0 spiro atoms. The molecule has 4 rings (SSSR count). The van der Waals surface area contributed by atoms with E-state index in [1.807, 2.05) is 12.1 Å². The van der Waals surface area contributed by atoms with E-state index in [1.54, 1.807) is 6.07 Å². The molecule has 1 atom stereocenters. The van der Waals surface area contributed by atoms with E-state index in [0.29, 0.717) is 6.42 Å². The summed E-state index contributed by atoms with van der Waals surface area (Å²) >= 11 is 0. The minimum atomic E-state index is -2.65. The van der Waals surface area contributed by atoms with Crippen molar-refractivity contribution in [3.8, 4) is 0 Å². The fraction of sp³-hybridized carbons (Fsp3) is 0.333. The van der Waals surface area contributed by atoms with Crippen LogP contribution in [0.25, 0.3) is 10.8 Å². The third kappa shape index (κ3) is 3.74. The van der Waals surface area contributed by atoms with E-state index in [9.17, 15) is 8.78 Å². The van der Waals surface area contributed by atoms with Gasteiger partial charge in [-0.25, -0.2) is 8.78 Å². The van der Waals surface area contributed by atoms with E-state index in [1.165, 1.54) is 16.3 Å². The summed E-state index contributed by atoms with van der Waals surface area (Å²) in [6.45, 7) is 3.04. The summed E-state index contributed by atoms with van der Waals surface area (Å²) in [4.78, 5) is 0. The molecule has 3 heteroatoms. The first-order chi connectivity index (χ1) is 13.0. The number of alkyl halides is 2. The zero-order valence-corrected chi connectivity index (χ0v) is 15.6. The van der Waals surface area contributed by atoms with Gasteiger partial charge in [0, 0.05) is 18.0 Å². The number of aryl methyl sites for hydroxylation is 2. The van der Waals surface area contributed by atoms with Gasteiger partial charge in [0.15, 0.2) is 0 Å². The second-order valence-corrected chi connectivity index (χ2v) is 7.54. The summed E-state index contributed by atoms with van der Waals surface area (Å²) in [6, 6.07) is 20.7. The summed E-state index contributed by atoms with van der Waals surface area (Å²) in [5.74, 6) is -2.65. The van der Waals surface area contributed by atoms with Crippen molar-refractivity contribution in [3.63, 3.8) is 0 Å². The summed E-state index contributed by atoms with van der Waals surface area (Å²) in [6.07, 6.45) is 2.20. The van der Waals surface area contributed by atoms with Gasteiger partial charge in [0.2, 0.25) is 0 Å². The maximum absolute atomic E-state index is 13.9. The monoisotopic (exact) mass is 365 g/mol. The summed E-state index contributed by atoms with van der Waals surface area (Å²) < 4.78 is 27.8. The van der Waals surface area contributed by atoms with E-state index in [4.69, 9.17) is 0 Å². The lowest BCUT2D eigenvalue weighted by Crippen LogP contribution is -2.20. The van der Waals surface area contributed by atoms with Crippen molar-refractivity contribution in [1.82, 2.24) is 5.32 Å². The molecule has 140 valence electrons. The van der Waals surface area contributed by atoms with Crippen molar-refractivity contribution in [2.75, 3.05) is 6.54 Å². The molecule has 0 aliphatic heterocycles. The molecule has 1 aliphatic rings. The SMILES string of the molecule is C[C@@H](NCCCc1ccc2c(c1)C(F)(F)CC2)c1cccc2ccccc12. The van der Waals surface area contributed by atoms with Crippen molar-refractivity contribution < 1.29 is 8.78 Å². The molecule has 3 aromatic carbocycles. The molecule has 3 aromatic rings. The van der Waals surface area contributed by atoms with Crippen LogP contribution in [0.4, 0.5) is 8.78 Å². The molecular weight excluding hydrogens is 340 g/mol. The summed E-state index contributed by atoms with van der Waals surface area (Å²) in [5, 5.41) is 6.11. The molecule has 0 heterocycles. The highest BCUT2D eigenvalue weighted by molar-refractivity contribution is 5.86. The molecule has 1 N–H and O–H groups in total. The van der Waals surface area contributed by atoms with Crippen molar-refractivity contribution in [3.05, 3.63) is 82.9 Å². The fourth-order valence-corrected chi connectivity index (χ4v) is 4.11. The molecule has 0 amide bonds. The molecule has 0 saturated carbocycles. The molecule has 0 bridgehead atoms. The van der Waals surface area contributed by atoms with E-state index < -0.39 is 5.92 Å². The van der Waals surface area contributed by atoms with Crippen LogP contribution in [-0.2, 0) is 18.8 Å². The first-order valence-corrected chi connectivity index (χ1v) is 9.76. The molecule has 1 nitrogen and oxygen atoms in total. The lowest BCUT2D eigenvalue weighted by atomic mass is 9.99. The van der Waals surface area contributed by atoms with Crippen LogP contribution < -0.4 is 5.32 Å². The number of halogens is 2. The van der Waals surface area contributed by atoms with Crippen molar-refractivity contribution in [2.24, 2.45) is 0 Å². The Balaban J connectivity index is 1.35. The number of fused-ring (bicyclic) bond motifs is 2. The van der Waals surface area contributed by atoms with Crippen LogP contribution in [0.15, 0.2) is 60.7 Å².